The molecule has 0 radical (unpaired) electrons. The zero-order valence-corrected chi connectivity index (χ0v) is 14.2. The van der Waals surface area contributed by atoms with Crippen LogP contribution in [0.4, 0.5) is 10.5 Å². The molecule has 2 fully saturated rings. The van der Waals surface area contributed by atoms with Crippen molar-refractivity contribution in [3.05, 3.63) is 28.8 Å². The zero-order valence-electron chi connectivity index (χ0n) is 13.5. The van der Waals surface area contributed by atoms with Crippen LogP contribution in [0.2, 0.25) is 5.02 Å². The Morgan fingerprint density at radius 1 is 1.21 bits per heavy atom. The van der Waals surface area contributed by atoms with Crippen LogP contribution in [-0.4, -0.2) is 69.2 Å². The number of rotatable bonds is 5. The van der Waals surface area contributed by atoms with Crippen molar-refractivity contribution < 1.29 is 9.59 Å². The molecule has 0 bridgehead atoms. The standard InChI is InChI=1S/C16H22ClN5O2/c17-13-2-1-12(11-14(13)22-10-6-20-16(22)24)15(23)19-5-9-21-7-3-18-4-8-21/h1-2,11,18H,3-10H2,(H,19,23)(H,20,24). The summed E-state index contributed by atoms with van der Waals surface area (Å²) in [6, 6.07) is 4.83. The zero-order chi connectivity index (χ0) is 16.9. The van der Waals surface area contributed by atoms with E-state index in [1.165, 1.54) is 0 Å². The Hall–Kier alpha value is -1.83. The van der Waals surface area contributed by atoms with Gasteiger partial charge >= 0.3 is 6.03 Å². The van der Waals surface area contributed by atoms with E-state index < -0.39 is 0 Å². The minimum atomic E-state index is -0.187. The van der Waals surface area contributed by atoms with Crippen molar-refractivity contribution in [2.24, 2.45) is 0 Å². The van der Waals surface area contributed by atoms with Gasteiger partial charge in [0, 0.05) is 57.9 Å². The fraction of sp³-hybridized carbons (Fsp3) is 0.500. The van der Waals surface area contributed by atoms with Crippen molar-refractivity contribution in [1.29, 1.82) is 0 Å². The summed E-state index contributed by atoms with van der Waals surface area (Å²) < 4.78 is 0. The summed E-state index contributed by atoms with van der Waals surface area (Å²) in [7, 11) is 0. The molecule has 2 aliphatic rings. The summed E-state index contributed by atoms with van der Waals surface area (Å²) >= 11 is 6.19. The molecule has 2 heterocycles. The lowest BCUT2D eigenvalue weighted by molar-refractivity contribution is 0.0947. The summed E-state index contributed by atoms with van der Waals surface area (Å²) in [6.45, 7) is 6.56. The average Bonchev–Trinajstić information content (AvgIpc) is 3.02. The van der Waals surface area contributed by atoms with Gasteiger partial charge in [-0.2, -0.15) is 0 Å². The number of anilines is 1. The molecule has 0 aromatic heterocycles. The predicted octanol–water partition coefficient (Wildman–Crippen LogP) is 0.505. The SMILES string of the molecule is O=C(NCCN1CCNCC1)c1ccc(Cl)c(N2CCNC2=O)c1. The highest BCUT2D eigenvalue weighted by Crippen LogP contribution is 2.28. The third-order valence-electron chi connectivity index (χ3n) is 4.28. The van der Waals surface area contributed by atoms with Gasteiger partial charge < -0.3 is 16.0 Å². The maximum atomic E-state index is 12.3. The maximum absolute atomic E-state index is 12.3. The highest BCUT2D eigenvalue weighted by molar-refractivity contribution is 6.34. The molecule has 3 N–H and O–H groups in total. The third-order valence-corrected chi connectivity index (χ3v) is 4.60. The molecule has 0 saturated carbocycles. The number of benzene rings is 1. The summed E-state index contributed by atoms with van der Waals surface area (Å²) in [5.74, 6) is -0.150. The Morgan fingerprint density at radius 3 is 2.71 bits per heavy atom. The van der Waals surface area contributed by atoms with Crippen molar-refractivity contribution in [2.45, 2.75) is 0 Å². The van der Waals surface area contributed by atoms with Crippen molar-refractivity contribution in [3.8, 4) is 0 Å². The number of nitrogens with one attached hydrogen (secondary N) is 3. The van der Waals surface area contributed by atoms with E-state index in [9.17, 15) is 9.59 Å². The molecule has 0 unspecified atom stereocenters. The van der Waals surface area contributed by atoms with E-state index in [1.54, 1.807) is 23.1 Å². The van der Waals surface area contributed by atoms with E-state index in [4.69, 9.17) is 11.6 Å². The first-order valence-corrected chi connectivity index (χ1v) is 8.59. The van der Waals surface area contributed by atoms with Crippen LogP contribution in [0.15, 0.2) is 18.2 Å². The van der Waals surface area contributed by atoms with Crippen molar-refractivity contribution in [1.82, 2.24) is 20.9 Å². The number of carbonyl (C=O) groups excluding carboxylic acids is 2. The number of piperazine rings is 1. The summed E-state index contributed by atoms with van der Waals surface area (Å²) in [6.07, 6.45) is 0. The quantitative estimate of drug-likeness (QED) is 0.722. The second kappa shape index (κ2) is 7.83. The first-order valence-electron chi connectivity index (χ1n) is 8.21. The Balaban J connectivity index is 1.59. The molecule has 0 aliphatic carbocycles. The van der Waals surface area contributed by atoms with Crippen LogP contribution in [0.1, 0.15) is 10.4 Å². The van der Waals surface area contributed by atoms with Gasteiger partial charge in [0.1, 0.15) is 0 Å². The molecule has 1 aromatic carbocycles. The molecule has 130 valence electrons. The monoisotopic (exact) mass is 351 g/mol. The smallest absolute Gasteiger partial charge is 0.322 e. The maximum Gasteiger partial charge on any atom is 0.322 e. The van der Waals surface area contributed by atoms with E-state index in [1.807, 2.05) is 0 Å². The molecule has 0 atom stereocenters. The van der Waals surface area contributed by atoms with Gasteiger partial charge in [0.15, 0.2) is 0 Å². The van der Waals surface area contributed by atoms with Gasteiger partial charge in [-0.15, -0.1) is 0 Å². The van der Waals surface area contributed by atoms with E-state index >= 15 is 0 Å². The Kier molecular flexibility index (Phi) is 5.55. The molecule has 1 aromatic rings. The number of hydrogen-bond acceptors (Lipinski definition) is 4. The molecular formula is C16H22ClN5O2. The highest BCUT2D eigenvalue weighted by Gasteiger charge is 2.24. The highest BCUT2D eigenvalue weighted by atomic mass is 35.5. The molecular weight excluding hydrogens is 330 g/mol. The molecule has 3 amide bonds. The Morgan fingerprint density at radius 2 is 2.00 bits per heavy atom. The summed E-state index contributed by atoms with van der Waals surface area (Å²) in [4.78, 5) is 28.0. The third kappa shape index (κ3) is 3.98. The van der Waals surface area contributed by atoms with Gasteiger partial charge in [0.05, 0.1) is 10.7 Å². The average molecular weight is 352 g/mol. The van der Waals surface area contributed by atoms with E-state index in [0.29, 0.717) is 35.9 Å². The fourth-order valence-corrected chi connectivity index (χ4v) is 3.15. The Labute approximate surface area is 146 Å². The van der Waals surface area contributed by atoms with Crippen molar-refractivity contribution >= 4 is 29.2 Å². The van der Waals surface area contributed by atoms with Gasteiger partial charge in [-0.3, -0.25) is 14.6 Å². The fourth-order valence-electron chi connectivity index (χ4n) is 2.93. The second-order valence-electron chi connectivity index (χ2n) is 5.90. The van der Waals surface area contributed by atoms with Crippen LogP contribution in [0.25, 0.3) is 0 Å². The van der Waals surface area contributed by atoms with Crippen LogP contribution < -0.4 is 20.9 Å². The molecule has 2 saturated heterocycles. The molecule has 8 heteroatoms. The van der Waals surface area contributed by atoms with Gasteiger partial charge in [-0.1, -0.05) is 11.6 Å². The molecule has 7 nitrogen and oxygen atoms in total. The normalized spacial score (nSPS) is 18.5. The minimum Gasteiger partial charge on any atom is -0.351 e. The molecule has 24 heavy (non-hydrogen) atoms. The minimum absolute atomic E-state index is 0.150. The number of hydrogen-bond donors (Lipinski definition) is 3. The van der Waals surface area contributed by atoms with Crippen molar-refractivity contribution in [3.63, 3.8) is 0 Å². The van der Waals surface area contributed by atoms with Crippen LogP contribution in [0.3, 0.4) is 0 Å². The van der Waals surface area contributed by atoms with Crippen LogP contribution in [0, 0.1) is 0 Å². The van der Waals surface area contributed by atoms with Crippen LogP contribution in [-0.2, 0) is 0 Å². The number of halogens is 1. The topological polar surface area (TPSA) is 76.7 Å². The van der Waals surface area contributed by atoms with E-state index in [-0.39, 0.29) is 11.9 Å². The second-order valence-corrected chi connectivity index (χ2v) is 6.30. The van der Waals surface area contributed by atoms with Crippen LogP contribution in [0.5, 0.6) is 0 Å². The lowest BCUT2D eigenvalue weighted by Gasteiger charge is -2.27. The van der Waals surface area contributed by atoms with Gasteiger partial charge in [-0.25, -0.2) is 4.79 Å². The van der Waals surface area contributed by atoms with Gasteiger partial charge in [0.2, 0.25) is 0 Å². The Bertz CT molecular complexity index is 618. The largest absolute Gasteiger partial charge is 0.351 e. The van der Waals surface area contributed by atoms with Crippen LogP contribution >= 0.6 is 11.6 Å². The number of nitrogens with zero attached hydrogens (tertiary/aromatic N) is 2. The number of carbonyl (C=O) groups is 2. The number of amides is 3. The van der Waals surface area contributed by atoms with E-state index in [0.717, 1.165) is 32.7 Å². The first-order chi connectivity index (χ1) is 11.6. The molecule has 2 aliphatic heterocycles. The lowest BCUT2D eigenvalue weighted by Crippen LogP contribution is -2.46. The van der Waals surface area contributed by atoms with Gasteiger partial charge in [-0.05, 0) is 18.2 Å². The van der Waals surface area contributed by atoms with Crippen molar-refractivity contribution in [2.75, 3.05) is 57.3 Å². The first kappa shape index (κ1) is 17.0. The lowest BCUT2D eigenvalue weighted by atomic mass is 10.1. The number of urea groups is 1. The molecule has 3 rings (SSSR count). The predicted molar refractivity (Wildman–Crippen MR) is 93.8 cm³/mol. The summed E-state index contributed by atoms with van der Waals surface area (Å²) in [5, 5.41) is 9.43. The molecule has 0 spiro atoms. The van der Waals surface area contributed by atoms with E-state index in [2.05, 4.69) is 20.9 Å². The summed E-state index contributed by atoms with van der Waals surface area (Å²) in [5.41, 5.74) is 1.08. The van der Waals surface area contributed by atoms with Gasteiger partial charge in [0.25, 0.3) is 5.91 Å².